The zero-order valence-electron chi connectivity index (χ0n) is 11.1. The maximum Gasteiger partial charge on any atom is 0.0682 e. The van der Waals surface area contributed by atoms with E-state index < -0.39 is 0 Å². The zero-order chi connectivity index (χ0) is 13.5. The molecule has 1 aromatic rings. The Kier molecular flexibility index (Phi) is 6.92. The molecule has 0 fully saturated rings. The summed E-state index contributed by atoms with van der Waals surface area (Å²) in [7, 11) is 5.66. The predicted molar refractivity (Wildman–Crippen MR) is 82.1 cm³/mol. The van der Waals surface area contributed by atoms with Crippen LogP contribution in [0.25, 0.3) is 0 Å². The Labute approximate surface area is 117 Å². The Morgan fingerprint density at radius 1 is 1.17 bits per heavy atom. The first-order chi connectivity index (χ1) is 8.60. The average molecular weight is 287 g/mol. The summed E-state index contributed by atoms with van der Waals surface area (Å²) < 4.78 is 0. The third kappa shape index (κ3) is 4.72. The second kappa shape index (κ2) is 7.94. The Balaban J connectivity index is 2.80. The van der Waals surface area contributed by atoms with Crippen LogP contribution in [0.1, 0.15) is 18.1 Å². The smallest absolute Gasteiger partial charge is 0.0682 e. The van der Waals surface area contributed by atoms with Crippen LogP contribution >= 0.6 is 21.6 Å². The van der Waals surface area contributed by atoms with Gasteiger partial charge in [-0.3, -0.25) is 0 Å². The highest BCUT2D eigenvalue weighted by molar-refractivity contribution is 8.76. The maximum atomic E-state index is 9.22. The van der Waals surface area contributed by atoms with Crippen LogP contribution in [-0.2, 0) is 13.2 Å². The minimum atomic E-state index is 0.00377. The molecular weight excluding hydrogens is 266 g/mol. The number of hydrogen-bond acceptors (Lipinski definition) is 5. The first-order valence-corrected chi connectivity index (χ1v) is 8.48. The van der Waals surface area contributed by atoms with E-state index in [9.17, 15) is 10.2 Å². The molecule has 0 amide bonds. The van der Waals surface area contributed by atoms with Gasteiger partial charge in [0.2, 0.25) is 0 Å². The number of aliphatic hydroxyl groups excluding tert-OH is 2. The van der Waals surface area contributed by atoms with E-state index in [1.54, 1.807) is 10.8 Å². The van der Waals surface area contributed by atoms with E-state index in [1.807, 2.05) is 36.0 Å². The van der Waals surface area contributed by atoms with Crippen molar-refractivity contribution in [3.8, 4) is 0 Å². The van der Waals surface area contributed by atoms with Gasteiger partial charge in [0.25, 0.3) is 0 Å². The molecular formula is C13H21NO2S2. The van der Waals surface area contributed by atoms with E-state index in [4.69, 9.17) is 0 Å². The molecule has 0 aliphatic carbocycles. The molecule has 0 heterocycles. The molecule has 0 aromatic heterocycles. The fourth-order valence-corrected chi connectivity index (χ4v) is 3.61. The zero-order valence-corrected chi connectivity index (χ0v) is 12.7. The lowest BCUT2D eigenvalue weighted by molar-refractivity contribution is 0.275. The standard InChI is InChI=1S/C13H21NO2S2/c1-10(18-17-3)7-14(2)13-5-11(8-15)4-12(6-13)9-16/h4-6,10,15-16H,7-9H2,1-3H3/t10-/m0/s1. The predicted octanol–water partition coefficient (Wildman–Crippen LogP) is 2.51. The number of hydrogen-bond donors (Lipinski definition) is 2. The van der Waals surface area contributed by atoms with Gasteiger partial charge in [0.15, 0.2) is 0 Å². The first-order valence-electron chi connectivity index (χ1n) is 5.85. The quantitative estimate of drug-likeness (QED) is 0.754. The van der Waals surface area contributed by atoms with E-state index >= 15 is 0 Å². The molecule has 0 spiro atoms. The summed E-state index contributed by atoms with van der Waals surface area (Å²) >= 11 is 0. The SMILES string of the molecule is CSS[C@@H](C)CN(C)c1cc(CO)cc(CO)c1. The van der Waals surface area contributed by atoms with Gasteiger partial charge in [-0.05, 0) is 29.5 Å². The highest BCUT2D eigenvalue weighted by Gasteiger charge is 2.09. The Hall–Kier alpha value is -0.360. The number of rotatable bonds is 7. The molecule has 0 saturated carbocycles. The molecule has 0 unspecified atom stereocenters. The van der Waals surface area contributed by atoms with Crippen LogP contribution in [0.15, 0.2) is 18.2 Å². The van der Waals surface area contributed by atoms with Gasteiger partial charge in [-0.1, -0.05) is 34.6 Å². The minimum Gasteiger partial charge on any atom is -0.392 e. The lowest BCUT2D eigenvalue weighted by atomic mass is 10.1. The fraction of sp³-hybridized carbons (Fsp3) is 0.538. The van der Waals surface area contributed by atoms with E-state index in [0.717, 1.165) is 23.4 Å². The summed E-state index contributed by atoms with van der Waals surface area (Å²) in [5.74, 6) is 0. The second-order valence-corrected chi connectivity index (χ2v) is 7.19. The molecule has 1 atom stereocenters. The number of nitrogens with zero attached hydrogens (tertiary/aromatic N) is 1. The van der Waals surface area contributed by atoms with Crippen molar-refractivity contribution in [3.05, 3.63) is 29.3 Å². The summed E-state index contributed by atoms with van der Waals surface area (Å²) in [6.07, 6.45) is 2.08. The van der Waals surface area contributed by atoms with E-state index in [0.29, 0.717) is 5.25 Å². The molecule has 0 saturated heterocycles. The maximum absolute atomic E-state index is 9.22. The average Bonchev–Trinajstić information content (AvgIpc) is 2.38. The molecule has 0 aliphatic rings. The second-order valence-electron chi connectivity index (χ2n) is 4.28. The summed E-state index contributed by atoms with van der Waals surface area (Å²) in [4.78, 5) is 2.16. The molecule has 0 aliphatic heterocycles. The third-order valence-corrected chi connectivity index (χ3v) is 4.87. The van der Waals surface area contributed by atoms with Crippen molar-refractivity contribution in [1.82, 2.24) is 0 Å². The van der Waals surface area contributed by atoms with Crippen molar-refractivity contribution in [2.24, 2.45) is 0 Å². The highest BCUT2D eigenvalue weighted by atomic mass is 33.1. The topological polar surface area (TPSA) is 43.7 Å². The van der Waals surface area contributed by atoms with Crippen molar-refractivity contribution in [3.63, 3.8) is 0 Å². The van der Waals surface area contributed by atoms with Crippen molar-refractivity contribution >= 4 is 27.3 Å². The van der Waals surface area contributed by atoms with Crippen LogP contribution in [0, 0.1) is 0 Å². The van der Waals surface area contributed by atoms with Crippen molar-refractivity contribution in [1.29, 1.82) is 0 Å². The van der Waals surface area contributed by atoms with Crippen LogP contribution in [0.4, 0.5) is 5.69 Å². The summed E-state index contributed by atoms with van der Waals surface area (Å²) in [5, 5.41) is 19.0. The molecule has 2 N–H and O–H groups in total. The van der Waals surface area contributed by atoms with Gasteiger partial charge in [-0.25, -0.2) is 0 Å². The van der Waals surface area contributed by atoms with E-state index in [2.05, 4.69) is 18.1 Å². The normalized spacial score (nSPS) is 12.5. The third-order valence-electron chi connectivity index (χ3n) is 2.63. The van der Waals surface area contributed by atoms with Gasteiger partial charge in [0.05, 0.1) is 13.2 Å². The summed E-state index contributed by atoms with van der Waals surface area (Å²) in [5.41, 5.74) is 2.72. The number of anilines is 1. The Morgan fingerprint density at radius 3 is 2.17 bits per heavy atom. The van der Waals surface area contributed by atoms with Crippen molar-refractivity contribution in [2.45, 2.75) is 25.4 Å². The Morgan fingerprint density at radius 2 is 1.72 bits per heavy atom. The lowest BCUT2D eigenvalue weighted by Crippen LogP contribution is -2.25. The fourth-order valence-electron chi connectivity index (χ4n) is 1.83. The van der Waals surface area contributed by atoms with Gasteiger partial charge >= 0.3 is 0 Å². The molecule has 0 radical (unpaired) electrons. The number of benzene rings is 1. The molecule has 5 heteroatoms. The largest absolute Gasteiger partial charge is 0.392 e. The van der Waals surface area contributed by atoms with Crippen molar-refractivity contribution < 1.29 is 10.2 Å². The summed E-state index contributed by atoms with van der Waals surface area (Å²) in [6, 6.07) is 5.77. The van der Waals surface area contributed by atoms with Crippen LogP contribution in [-0.4, -0.2) is 35.3 Å². The number of aliphatic hydroxyl groups is 2. The van der Waals surface area contributed by atoms with E-state index in [-0.39, 0.29) is 13.2 Å². The highest BCUT2D eigenvalue weighted by Crippen LogP contribution is 2.26. The molecule has 1 aromatic carbocycles. The lowest BCUT2D eigenvalue weighted by Gasteiger charge is -2.23. The van der Waals surface area contributed by atoms with Gasteiger partial charge in [-0.2, -0.15) is 0 Å². The molecule has 1 rings (SSSR count). The van der Waals surface area contributed by atoms with Crippen LogP contribution in [0.5, 0.6) is 0 Å². The first kappa shape index (κ1) is 15.7. The molecule has 0 bridgehead atoms. The van der Waals surface area contributed by atoms with Gasteiger partial charge in [0, 0.05) is 24.5 Å². The minimum absolute atomic E-state index is 0.00377. The monoisotopic (exact) mass is 287 g/mol. The van der Waals surface area contributed by atoms with Gasteiger partial charge in [-0.15, -0.1) is 0 Å². The molecule has 3 nitrogen and oxygen atoms in total. The molecule has 102 valence electrons. The summed E-state index contributed by atoms with van der Waals surface area (Å²) in [6.45, 7) is 3.14. The van der Waals surface area contributed by atoms with Gasteiger partial charge < -0.3 is 15.1 Å². The Bertz CT molecular complexity index is 352. The van der Waals surface area contributed by atoms with Gasteiger partial charge in [0.1, 0.15) is 0 Å². The van der Waals surface area contributed by atoms with Crippen LogP contribution < -0.4 is 4.90 Å². The van der Waals surface area contributed by atoms with E-state index in [1.165, 1.54) is 0 Å². The van der Waals surface area contributed by atoms with Crippen molar-refractivity contribution in [2.75, 3.05) is 24.7 Å². The molecule has 18 heavy (non-hydrogen) atoms. The van der Waals surface area contributed by atoms with Crippen LogP contribution in [0.2, 0.25) is 0 Å². The van der Waals surface area contributed by atoms with Crippen LogP contribution in [0.3, 0.4) is 0 Å².